The first kappa shape index (κ1) is 18.3. The lowest BCUT2D eigenvalue weighted by Gasteiger charge is -2.24. The van der Waals surface area contributed by atoms with E-state index in [9.17, 15) is 22.8 Å². The molecule has 0 saturated carbocycles. The van der Waals surface area contributed by atoms with Crippen LogP contribution in [0.15, 0.2) is 24.3 Å². The van der Waals surface area contributed by atoms with Crippen LogP contribution in [-0.4, -0.2) is 37.6 Å². The minimum Gasteiger partial charge on any atom is -0.376 e. The molecule has 1 unspecified atom stereocenters. The van der Waals surface area contributed by atoms with Gasteiger partial charge >= 0.3 is 6.18 Å². The number of anilines is 1. The van der Waals surface area contributed by atoms with Crippen LogP contribution in [0, 0.1) is 0 Å². The van der Waals surface area contributed by atoms with Gasteiger partial charge < -0.3 is 15.0 Å². The first-order chi connectivity index (χ1) is 11.3. The van der Waals surface area contributed by atoms with E-state index in [0.717, 1.165) is 30.7 Å². The predicted octanol–water partition coefficient (Wildman–Crippen LogP) is 2.35. The quantitative estimate of drug-likeness (QED) is 0.892. The van der Waals surface area contributed by atoms with Crippen molar-refractivity contribution in [1.82, 2.24) is 5.32 Å². The van der Waals surface area contributed by atoms with Gasteiger partial charge in [0, 0.05) is 20.1 Å². The zero-order valence-electron chi connectivity index (χ0n) is 13.2. The number of halogens is 3. The number of hydrogen-bond acceptors (Lipinski definition) is 3. The van der Waals surface area contributed by atoms with Gasteiger partial charge in [0.25, 0.3) is 0 Å². The van der Waals surface area contributed by atoms with Gasteiger partial charge in [0.1, 0.15) is 6.54 Å². The monoisotopic (exact) mass is 344 g/mol. The minimum absolute atomic E-state index is 0.0813. The number of hydrogen-bond donors (Lipinski definition) is 1. The lowest BCUT2D eigenvalue weighted by Crippen LogP contribution is -2.42. The highest BCUT2D eigenvalue weighted by Gasteiger charge is 2.35. The van der Waals surface area contributed by atoms with Crippen molar-refractivity contribution < 1.29 is 27.5 Å². The van der Waals surface area contributed by atoms with E-state index >= 15 is 0 Å². The van der Waals surface area contributed by atoms with Gasteiger partial charge in [-0.15, -0.1) is 0 Å². The lowest BCUT2D eigenvalue weighted by molar-refractivity contribution is -0.137. The topological polar surface area (TPSA) is 58.6 Å². The largest absolute Gasteiger partial charge is 0.418 e. The number of para-hydroxylation sites is 1. The van der Waals surface area contributed by atoms with Crippen LogP contribution in [0.5, 0.6) is 0 Å². The molecule has 1 aliphatic heterocycles. The third-order valence-corrected chi connectivity index (χ3v) is 3.73. The second-order valence-corrected chi connectivity index (χ2v) is 5.56. The Balaban J connectivity index is 2.09. The van der Waals surface area contributed by atoms with Gasteiger partial charge in [-0.25, -0.2) is 0 Å². The van der Waals surface area contributed by atoms with Crippen LogP contribution < -0.4 is 10.2 Å². The fourth-order valence-electron chi connectivity index (χ4n) is 2.55. The molecular formula is C16H19F3N2O3. The van der Waals surface area contributed by atoms with E-state index in [-0.39, 0.29) is 18.3 Å². The summed E-state index contributed by atoms with van der Waals surface area (Å²) in [7, 11) is 0. The van der Waals surface area contributed by atoms with E-state index in [2.05, 4.69) is 5.32 Å². The van der Waals surface area contributed by atoms with Crippen LogP contribution in [-0.2, 0) is 20.5 Å². The molecule has 0 spiro atoms. The summed E-state index contributed by atoms with van der Waals surface area (Å²) in [4.78, 5) is 24.6. The standard InChI is InChI=1S/C16H19F3N2O3/c1-11(22)21(10-15(23)20-9-12-5-4-8-24-12)14-7-3-2-6-13(14)16(17,18)19/h2-3,6-7,12H,4-5,8-10H2,1H3,(H,20,23). The van der Waals surface area contributed by atoms with Crippen LogP contribution in [0.25, 0.3) is 0 Å². The Morgan fingerprint density at radius 1 is 1.33 bits per heavy atom. The van der Waals surface area contributed by atoms with Crippen molar-refractivity contribution in [2.75, 3.05) is 24.6 Å². The molecule has 0 aromatic heterocycles. The zero-order valence-corrected chi connectivity index (χ0v) is 13.2. The average Bonchev–Trinajstić information content (AvgIpc) is 3.03. The second-order valence-electron chi connectivity index (χ2n) is 5.56. The summed E-state index contributed by atoms with van der Waals surface area (Å²) in [6.07, 6.45) is -2.95. The minimum atomic E-state index is -4.61. The molecule has 0 bridgehead atoms. The number of benzene rings is 1. The Hall–Kier alpha value is -2.09. The Bertz CT molecular complexity index is 598. The summed E-state index contributed by atoms with van der Waals surface area (Å²) in [5.74, 6) is -1.17. The van der Waals surface area contributed by atoms with Crippen molar-refractivity contribution in [1.29, 1.82) is 0 Å². The molecule has 1 fully saturated rings. The number of nitrogens with zero attached hydrogens (tertiary/aromatic N) is 1. The van der Waals surface area contributed by atoms with E-state index in [4.69, 9.17) is 4.74 Å². The van der Waals surface area contributed by atoms with Gasteiger partial charge in [-0.05, 0) is 25.0 Å². The molecule has 1 aliphatic rings. The summed E-state index contributed by atoms with van der Waals surface area (Å²) in [6.45, 7) is 1.57. The van der Waals surface area contributed by atoms with Crippen molar-refractivity contribution in [2.24, 2.45) is 0 Å². The van der Waals surface area contributed by atoms with Crippen LogP contribution in [0.1, 0.15) is 25.3 Å². The van der Waals surface area contributed by atoms with Gasteiger partial charge in [-0.3, -0.25) is 9.59 Å². The van der Waals surface area contributed by atoms with E-state index in [1.807, 2.05) is 0 Å². The number of rotatable bonds is 5. The summed E-state index contributed by atoms with van der Waals surface area (Å²) in [5.41, 5.74) is -1.28. The fourth-order valence-corrected chi connectivity index (χ4v) is 2.55. The number of nitrogens with one attached hydrogen (secondary N) is 1. The van der Waals surface area contributed by atoms with Crippen LogP contribution in [0.3, 0.4) is 0 Å². The Labute approximate surface area is 137 Å². The molecule has 2 amide bonds. The molecule has 132 valence electrons. The number of ether oxygens (including phenoxy) is 1. The third-order valence-electron chi connectivity index (χ3n) is 3.73. The SMILES string of the molecule is CC(=O)N(CC(=O)NCC1CCCO1)c1ccccc1C(F)(F)F. The summed E-state index contributed by atoms with van der Waals surface area (Å²) in [5, 5.41) is 2.60. The first-order valence-electron chi connectivity index (χ1n) is 7.61. The highest BCUT2D eigenvalue weighted by molar-refractivity contribution is 5.98. The highest BCUT2D eigenvalue weighted by atomic mass is 19.4. The van der Waals surface area contributed by atoms with Crippen molar-refractivity contribution in [3.63, 3.8) is 0 Å². The van der Waals surface area contributed by atoms with E-state index in [1.54, 1.807) is 0 Å². The van der Waals surface area contributed by atoms with Crippen LogP contribution in [0.4, 0.5) is 18.9 Å². The average molecular weight is 344 g/mol. The van der Waals surface area contributed by atoms with E-state index in [1.165, 1.54) is 18.2 Å². The Morgan fingerprint density at radius 2 is 2.04 bits per heavy atom. The molecule has 1 aromatic carbocycles. The van der Waals surface area contributed by atoms with Gasteiger partial charge in [-0.1, -0.05) is 12.1 Å². The smallest absolute Gasteiger partial charge is 0.376 e. The normalized spacial score (nSPS) is 17.6. The molecule has 1 atom stereocenters. The molecule has 1 heterocycles. The third kappa shape index (κ3) is 4.70. The van der Waals surface area contributed by atoms with Crippen molar-refractivity contribution >= 4 is 17.5 Å². The predicted molar refractivity (Wildman–Crippen MR) is 81.5 cm³/mol. The van der Waals surface area contributed by atoms with Crippen molar-refractivity contribution in [2.45, 2.75) is 32.0 Å². The fraction of sp³-hybridized carbons (Fsp3) is 0.500. The molecule has 24 heavy (non-hydrogen) atoms. The molecule has 2 rings (SSSR count). The number of alkyl halides is 3. The molecule has 1 saturated heterocycles. The highest BCUT2D eigenvalue weighted by Crippen LogP contribution is 2.36. The molecule has 1 aromatic rings. The van der Waals surface area contributed by atoms with Crippen molar-refractivity contribution in [3.8, 4) is 0 Å². The van der Waals surface area contributed by atoms with E-state index < -0.39 is 30.1 Å². The van der Waals surface area contributed by atoms with Gasteiger partial charge in [0.2, 0.25) is 11.8 Å². The molecule has 5 nitrogen and oxygen atoms in total. The second kappa shape index (κ2) is 7.65. The van der Waals surface area contributed by atoms with Crippen LogP contribution in [0.2, 0.25) is 0 Å². The number of carbonyl (C=O) groups excluding carboxylic acids is 2. The summed E-state index contributed by atoms with van der Waals surface area (Å²) in [6, 6.07) is 4.69. The van der Waals surface area contributed by atoms with Gasteiger partial charge in [0.15, 0.2) is 0 Å². The number of carbonyl (C=O) groups is 2. The maximum Gasteiger partial charge on any atom is 0.418 e. The maximum absolute atomic E-state index is 13.1. The van der Waals surface area contributed by atoms with E-state index in [0.29, 0.717) is 6.61 Å². The summed E-state index contributed by atoms with van der Waals surface area (Å²) < 4.78 is 44.7. The lowest BCUT2D eigenvalue weighted by atomic mass is 10.1. The van der Waals surface area contributed by atoms with Gasteiger partial charge in [-0.2, -0.15) is 13.2 Å². The Morgan fingerprint density at radius 3 is 2.62 bits per heavy atom. The summed E-state index contributed by atoms with van der Waals surface area (Å²) >= 11 is 0. The molecule has 0 aliphatic carbocycles. The van der Waals surface area contributed by atoms with Gasteiger partial charge in [0.05, 0.1) is 17.4 Å². The molecule has 1 N–H and O–H groups in total. The van der Waals surface area contributed by atoms with Crippen LogP contribution >= 0.6 is 0 Å². The molecular weight excluding hydrogens is 325 g/mol. The molecule has 0 radical (unpaired) electrons. The molecule has 8 heteroatoms. The number of amides is 2. The van der Waals surface area contributed by atoms with Crippen molar-refractivity contribution in [3.05, 3.63) is 29.8 Å². The first-order valence-corrected chi connectivity index (χ1v) is 7.61. The zero-order chi connectivity index (χ0) is 17.7. The Kier molecular flexibility index (Phi) is 5.82. The maximum atomic E-state index is 13.1.